The molecule has 2 aromatic carbocycles. The van der Waals surface area contributed by atoms with E-state index in [-0.39, 0.29) is 11.9 Å². The van der Waals surface area contributed by atoms with Crippen molar-refractivity contribution in [3.05, 3.63) is 66.8 Å². The Balaban J connectivity index is 2.08. The van der Waals surface area contributed by atoms with Crippen molar-refractivity contribution < 1.29 is 4.39 Å². The third-order valence-electron chi connectivity index (χ3n) is 3.04. The molecule has 0 bridgehead atoms. The second kappa shape index (κ2) is 7.16. The SMILES string of the molecule is CC(NCc1cc(Br)ccc1F)c1ccc(Br)cc1Br. The highest BCUT2D eigenvalue weighted by Gasteiger charge is 2.10. The summed E-state index contributed by atoms with van der Waals surface area (Å²) in [5, 5.41) is 3.34. The van der Waals surface area contributed by atoms with E-state index in [1.807, 2.05) is 18.2 Å². The molecule has 0 spiro atoms. The van der Waals surface area contributed by atoms with Crippen LogP contribution in [0.5, 0.6) is 0 Å². The maximum Gasteiger partial charge on any atom is 0.127 e. The lowest BCUT2D eigenvalue weighted by Gasteiger charge is -2.16. The van der Waals surface area contributed by atoms with E-state index in [1.165, 1.54) is 6.07 Å². The molecule has 1 atom stereocenters. The third kappa shape index (κ3) is 4.13. The summed E-state index contributed by atoms with van der Waals surface area (Å²) in [6.45, 7) is 2.54. The van der Waals surface area contributed by atoms with Gasteiger partial charge in [0.2, 0.25) is 0 Å². The Bertz CT molecular complexity index is 616. The van der Waals surface area contributed by atoms with Crippen molar-refractivity contribution in [2.24, 2.45) is 0 Å². The van der Waals surface area contributed by atoms with Crippen molar-refractivity contribution in [2.45, 2.75) is 19.5 Å². The second-order valence-electron chi connectivity index (χ2n) is 4.50. The van der Waals surface area contributed by atoms with Gasteiger partial charge in [0.25, 0.3) is 0 Å². The molecule has 0 fully saturated rings. The van der Waals surface area contributed by atoms with Crippen LogP contribution in [-0.2, 0) is 6.54 Å². The molecular weight excluding hydrogens is 453 g/mol. The van der Waals surface area contributed by atoms with E-state index < -0.39 is 0 Å². The average molecular weight is 466 g/mol. The van der Waals surface area contributed by atoms with Gasteiger partial charge in [0, 0.05) is 31.6 Å². The Morgan fingerprint density at radius 3 is 2.40 bits per heavy atom. The number of halogens is 4. The van der Waals surface area contributed by atoms with E-state index in [2.05, 4.69) is 60.0 Å². The second-order valence-corrected chi connectivity index (χ2v) is 7.19. The van der Waals surface area contributed by atoms with E-state index in [9.17, 15) is 4.39 Å². The van der Waals surface area contributed by atoms with Gasteiger partial charge in [-0.3, -0.25) is 0 Å². The molecule has 20 heavy (non-hydrogen) atoms. The normalized spacial score (nSPS) is 12.4. The maximum absolute atomic E-state index is 13.7. The Hall–Kier alpha value is -0.230. The van der Waals surface area contributed by atoms with Gasteiger partial charge in [-0.05, 0) is 42.8 Å². The third-order valence-corrected chi connectivity index (χ3v) is 4.71. The lowest BCUT2D eigenvalue weighted by Crippen LogP contribution is -2.19. The van der Waals surface area contributed by atoms with E-state index in [0.29, 0.717) is 12.1 Å². The first-order chi connectivity index (χ1) is 9.47. The average Bonchev–Trinajstić information content (AvgIpc) is 2.39. The van der Waals surface area contributed by atoms with Crippen LogP contribution in [0.2, 0.25) is 0 Å². The summed E-state index contributed by atoms with van der Waals surface area (Å²) in [6.07, 6.45) is 0. The van der Waals surface area contributed by atoms with Gasteiger partial charge in [0.05, 0.1) is 0 Å². The van der Waals surface area contributed by atoms with Crippen LogP contribution in [0.25, 0.3) is 0 Å². The minimum atomic E-state index is -0.192. The fraction of sp³-hybridized carbons (Fsp3) is 0.200. The molecule has 2 aromatic rings. The predicted molar refractivity (Wildman–Crippen MR) is 91.2 cm³/mol. The highest BCUT2D eigenvalue weighted by atomic mass is 79.9. The summed E-state index contributed by atoms with van der Waals surface area (Å²) in [6, 6.07) is 11.1. The molecule has 0 aliphatic rings. The van der Waals surface area contributed by atoms with E-state index >= 15 is 0 Å². The molecule has 0 aliphatic heterocycles. The van der Waals surface area contributed by atoms with E-state index in [1.54, 1.807) is 12.1 Å². The maximum atomic E-state index is 13.7. The summed E-state index contributed by atoms with van der Waals surface area (Å²) in [7, 11) is 0. The minimum absolute atomic E-state index is 0.121. The Labute approximate surface area is 143 Å². The molecule has 1 unspecified atom stereocenters. The number of hydrogen-bond acceptors (Lipinski definition) is 1. The van der Waals surface area contributed by atoms with Crippen molar-refractivity contribution >= 4 is 47.8 Å². The fourth-order valence-corrected chi connectivity index (χ4v) is 3.70. The lowest BCUT2D eigenvalue weighted by atomic mass is 10.1. The van der Waals surface area contributed by atoms with Gasteiger partial charge in [0.15, 0.2) is 0 Å². The van der Waals surface area contributed by atoms with Crippen molar-refractivity contribution in [1.29, 1.82) is 0 Å². The Morgan fingerprint density at radius 2 is 1.70 bits per heavy atom. The summed E-state index contributed by atoms with van der Waals surface area (Å²) in [5.74, 6) is -0.192. The van der Waals surface area contributed by atoms with Gasteiger partial charge >= 0.3 is 0 Å². The molecule has 0 radical (unpaired) electrons. The molecule has 0 saturated carbocycles. The summed E-state index contributed by atoms with van der Waals surface area (Å²) >= 11 is 10.3. The van der Waals surface area contributed by atoms with E-state index in [0.717, 1.165) is 19.0 Å². The topological polar surface area (TPSA) is 12.0 Å². The van der Waals surface area contributed by atoms with Crippen LogP contribution in [0.3, 0.4) is 0 Å². The van der Waals surface area contributed by atoms with Gasteiger partial charge in [-0.2, -0.15) is 0 Å². The van der Waals surface area contributed by atoms with Crippen LogP contribution in [0.4, 0.5) is 4.39 Å². The van der Waals surface area contributed by atoms with Crippen LogP contribution in [-0.4, -0.2) is 0 Å². The van der Waals surface area contributed by atoms with Crippen LogP contribution < -0.4 is 5.32 Å². The highest BCUT2D eigenvalue weighted by Crippen LogP contribution is 2.27. The Kier molecular flexibility index (Phi) is 5.78. The molecule has 2 rings (SSSR count). The van der Waals surface area contributed by atoms with E-state index in [4.69, 9.17) is 0 Å². The van der Waals surface area contributed by atoms with Crippen molar-refractivity contribution in [3.8, 4) is 0 Å². The van der Waals surface area contributed by atoms with Crippen LogP contribution in [0.1, 0.15) is 24.1 Å². The summed E-state index contributed by atoms with van der Waals surface area (Å²) in [4.78, 5) is 0. The smallest absolute Gasteiger partial charge is 0.127 e. The van der Waals surface area contributed by atoms with Gasteiger partial charge < -0.3 is 5.32 Å². The predicted octanol–water partition coefficient (Wildman–Crippen LogP) is 5.96. The number of benzene rings is 2. The molecule has 1 N–H and O–H groups in total. The van der Waals surface area contributed by atoms with Gasteiger partial charge in [-0.1, -0.05) is 53.9 Å². The first-order valence-corrected chi connectivity index (χ1v) is 8.47. The molecule has 1 nitrogen and oxygen atoms in total. The monoisotopic (exact) mass is 463 g/mol. The van der Waals surface area contributed by atoms with Crippen molar-refractivity contribution in [2.75, 3.05) is 0 Å². The fourth-order valence-electron chi connectivity index (χ4n) is 1.90. The van der Waals surface area contributed by atoms with Crippen LogP contribution in [0, 0.1) is 5.82 Å². The standard InChI is InChI=1S/C15H13Br3FN/c1-9(13-4-2-12(17)7-14(13)18)20-8-10-6-11(16)3-5-15(10)19/h2-7,9,20H,8H2,1H3. The molecule has 0 heterocycles. The zero-order chi connectivity index (χ0) is 14.7. The quantitative estimate of drug-likeness (QED) is 0.587. The summed E-state index contributed by atoms with van der Waals surface area (Å²) < 4.78 is 16.6. The summed E-state index contributed by atoms with van der Waals surface area (Å²) in [5.41, 5.74) is 1.79. The molecule has 5 heteroatoms. The lowest BCUT2D eigenvalue weighted by molar-refractivity contribution is 0.543. The molecule has 0 saturated heterocycles. The largest absolute Gasteiger partial charge is 0.306 e. The van der Waals surface area contributed by atoms with Crippen molar-refractivity contribution in [3.63, 3.8) is 0 Å². The number of hydrogen-bond donors (Lipinski definition) is 1. The number of rotatable bonds is 4. The molecular formula is C15H13Br3FN. The van der Waals surface area contributed by atoms with Gasteiger partial charge in [0.1, 0.15) is 5.82 Å². The molecule has 0 aromatic heterocycles. The first kappa shape index (κ1) is 16.1. The van der Waals surface area contributed by atoms with Gasteiger partial charge in [-0.25, -0.2) is 4.39 Å². The zero-order valence-corrected chi connectivity index (χ0v) is 15.5. The molecule has 106 valence electrons. The van der Waals surface area contributed by atoms with Crippen LogP contribution in [0.15, 0.2) is 49.8 Å². The first-order valence-electron chi connectivity index (χ1n) is 6.09. The Morgan fingerprint density at radius 1 is 1.05 bits per heavy atom. The minimum Gasteiger partial charge on any atom is -0.306 e. The highest BCUT2D eigenvalue weighted by molar-refractivity contribution is 9.11. The molecule has 0 amide bonds. The molecule has 0 aliphatic carbocycles. The van der Waals surface area contributed by atoms with Crippen molar-refractivity contribution in [1.82, 2.24) is 5.32 Å². The zero-order valence-electron chi connectivity index (χ0n) is 10.8. The number of nitrogens with one attached hydrogen (secondary N) is 1. The van der Waals surface area contributed by atoms with Gasteiger partial charge in [-0.15, -0.1) is 0 Å². The van der Waals surface area contributed by atoms with Crippen LogP contribution >= 0.6 is 47.8 Å².